The van der Waals surface area contributed by atoms with E-state index in [1.165, 1.54) is 38.8 Å². The monoisotopic (exact) mass is 226 g/mol. The van der Waals surface area contributed by atoms with Crippen molar-refractivity contribution in [3.8, 4) is 0 Å². The van der Waals surface area contributed by atoms with Crippen LogP contribution >= 0.6 is 0 Å². The van der Waals surface area contributed by atoms with E-state index >= 15 is 0 Å². The van der Waals surface area contributed by atoms with E-state index in [0.29, 0.717) is 0 Å². The molecule has 2 nitrogen and oxygen atoms in total. The van der Waals surface area contributed by atoms with Crippen LogP contribution in [0.1, 0.15) is 53.4 Å². The van der Waals surface area contributed by atoms with Gasteiger partial charge in [0.05, 0.1) is 0 Å². The largest absolute Gasteiger partial charge is 0.316 e. The lowest BCUT2D eigenvalue weighted by Gasteiger charge is -2.33. The SMILES string of the molecule is CCCNCC(C)C(C)N(CCC)C1CC1. The summed E-state index contributed by atoms with van der Waals surface area (Å²) < 4.78 is 0. The number of hydrogen-bond donors (Lipinski definition) is 1. The first-order valence-electron chi connectivity index (χ1n) is 7.17. The van der Waals surface area contributed by atoms with E-state index in [2.05, 4.69) is 37.9 Å². The topological polar surface area (TPSA) is 15.3 Å². The standard InChI is InChI=1S/C14H30N2/c1-5-9-15-11-12(3)13(4)16(10-6-2)14-7-8-14/h12-15H,5-11H2,1-4H3. The number of nitrogens with one attached hydrogen (secondary N) is 1. The summed E-state index contributed by atoms with van der Waals surface area (Å²) in [6.07, 6.45) is 5.39. The van der Waals surface area contributed by atoms with Crippen LogP contribution in [0.2, 0.25) is 0 Å². The summed E-state index contributed by atoms with van der Waals surface area (Å²) in [4.78, 5) is 2.73. The molecule has 16 heavy (non-hydrogen) atoms. The van der Waals surface area contributed by atoms with E-state index in [1.54, 1.807) is 0 Å². The maximum atomic E-state index is 3.55. The van der Waals surface area contributed by atoms with E-state index in [0.717, 1.165) is 24.5 Å². The second-order valence-electron chi connectivity index (χ2n) is 5.39. The minimum atomic E-state index is 0.733. The molecule has 0 amide bonds. The van der Waals surface area contributed by atoms with Crippen molar-refractivity contribution < 1.29 is 0 Å². The molecule has 1 rings (SSSR count). The van der Waals surface area contributed by atoms with Gasteiger partial charge in [-0.15, -0.1) is 0 Å². The van der Waals surface area contributed by atoms with Gasteiger partial charge in [-0.3, -0.25) is 4.90 Å². The van der Waals surface area contributed by atoms with Crippen LogP contribution in [0.3, 0.4) is 0 Å². The van der Waals surface area contributed by atoms with Crippen LogP contribution in [0, 0.1) is 5.92 Å². The minimum Gasteiger partial charge on any atom is -0.316 e. The number of nitrogens with zero attached hydrogens (tertiary/aromatic N) is 1. The molecule has 0 bridgehead atoms. The Morgan fingerprint density at radius 1 is 1.19 bits per heavy atom. The third-order valence-corrected chi connectivity index (χ3v) is 3.74. The average molecular weight is 226 g/mol. The molecule has 1 N–H and O–H groups in total. The van der Waals surface area contributed by atoms with Gasteiger partial charge in [0.2, 0.25) is 0 Å². The van der Waals surface area contributed by atoms with Crippen LogP contribution in [0.4, 0.5) is 0 Å². The number of hydrogen-bond acceptors (Lipinski definition) is 2. The highest BCUT2D eigenvalue weighted by Gasteiger charge is 2.33. The van der Waals surface area contributed by atoms with Crippen molar-refractivity contribution in [2.24, 2.45) is 5.92 Å². The molecule has 0 aliphatic heterocycles. The van der Waals surface area contributed by atoms with Crippen molar-refractivity contribution in [3.05, 3.63) is 0 Å². The summed E-state index contributed by atoms with van der Waals surface area (Å²) in [5.41, 5.74) is 0. The molecule has 1 aliphatic rings. The summed E-state index contributed by atoms with van der Waals surface area (Å²) in [6.45, 7) is 12.9. The van der Waals surface area contributed by atoms with E-state index in [1.807, 2.05) is 0 Å². The Morgan fingerprint density at radius 2 is 1.88 bits per heavy atom. The molecule has 0 aromatic heterocycles. The fourth-order valence-electron chi connectivity index (χ4n) is 2.39. The van der Waals surface area contributed by atoms with E-state index in [-0.39, 0.29) is 0 Å². The molecule has 0 heterocycles. The molecule has 1 saturated carbocycles. The predicted octanol–water partition coefficient (Wildman–Crippen LogP) is 2.89. The highest BCUT2D eigenvalue weighted by atomic mass is 15.2. The van der Waals surface area contributed by atoms with Crippen molar-refractivity contribution in [2.75, 3.05) is 19.6 Å². The van der Waals surface area contributed by atoms with Gasteiger partial charge in [0.1, 0.15) is 0 Å². The lowest BCUT2D eigenvalue weighted by Crippen LogP contribution is -2.43. The van der Waals surface area contributed by atoms with Gasteiger partial charge >= 0.3 is 0 Å². The van der Waals surface area contributed by atoms with Gasteiger partial charge in [0.25, 0.3) is 0 Å². The number of rotatable bonds is 9. The smallest absolute Gasteiger partial charge is 0.0108 e. The Kier molecular flexibility index (Phi) is 6.37. The Balaban J connectivity index is 2.30. The zero-order valence-corrected chi connectivity index (χ0v) is 11.6. The lowest BCUT2D eigenvalue weighted by molar-refractivity contribution is 0.150. The highest BCUT2D eigenvalue weighted by molar-refractivity contribution is 4.89. The third-order valence-electron chi connectivity index (χ3n) is 3.74. The summed E-state index contributed by atoms with van der Waals surface area (Å²) in [5.74, 6) is 0.763. The van der Waals surface area contributed by atoms with Crippen LogP contribution in [0.15, 0.2) is 0 Å². The summed E-state index contributed by atoms with van der Waals surface area (Å²) in [6, 6.07) is 1.64. The van der Waals surface area contributed by atoms with Crippen LogP contribution in [0.5, 0.6) is 0 Å². The van der Waals surface area contributed by atoms with Crippen molar-refractivity contribution in [2.45, 2.75) is 65.5 Å². The van der Waals surface area contributed by atoms with Crippen LogP contribution in [-0.4, -0.2) is 36.6 Å². The molecular formula is C14H30N2. The first-order chi connectivity index (χ1) is 7.70. The average Bonchev–Trinajstić information content (AvgIpc) is 3.09. The molecule has 2 atom stereocenters. The molecule has 0 aromatic rings. The zero-order valence-electron chi connectivity index (χ0n) is 11.6. The van der Waals surface area contributed by atoms with Crippen LogP contribution in [-0.2, 0) is 0 Å². The molecule has 0 spiro atoms. The summed E-state index contributed by atoms with van der Waals surface area (Å²) in [7, 11) is 0. The molecule has 0 radical (unpaired) electrons. The van der Waals surface area contributed by atoms with Gasteiger partial charge in [-0.2, -0.15) is 0 Å². The van der Waals surface area contributed by atoms with Gasteiger partial charge < -0.3 is 5.32 Å². The molecule has 1 fully saturated rings. The minimum absolute atomic E-state index is 0.733. The summed E-state index contributed by atoms with van der Waals surface area (Å²) >= 11 is 0. The van der Waals surface area contributed by atoms with Crippen molar-refractivity contribution in [3.63, 3.8) is 0 Å². The van der Waals surface area contributed by atoms with Crippen molar-refractivity contribution >= 4 is 0 Å². The van der Waals surface area contributed by atoms with Crippen LogP contribution < -0.4 is 5.32 Å². The van der Waals surface area contributed by atoms with Crippen molar-refractivity contribution in [1.29, 1.82) is 0 Å². The van der Waals surface area contributed by atoms with Gasteiger partial charge in [0.15, 0.2) is 0 Å². The Hall–Kier alpha value is -0.0800. The second-order valence-corrected chi connectivity index (χ2v) is 5.39. The normalized spacial score (nSPS) is 20.1. The van der Waals surface area contributed by atoms with E-state index in [4.69, 9.17) is 0 Å². The maximum Gasteiger partial charge on any atom is 0.0108 e. The molecule has 2 unspecified atom stereocenters. The molecule has 1 aliphatic carbocycles. The molecule has 0 aromatic carbocycles. The van der Waals surface area contributed by atoms with E-state index < -0.39 is 0 Å². The maximum absolute atomic E-state index is 3.55. The third kappa shape index (κ3) is 4.42. The van der Waals surface area contributed by atoms with E-state index in [9.17, 15) is 0 Å². The highest BCUT2D eigenvalue weighted by Crippen LogP contribution is 2.30. The zero-order chi connectivity index (χ0) is 12.0. The fraction of sp³-hybridized carbons (Fsp3) is 1.00. The van der Waals surface area contributed by atoms with Gasteiger partial charge in [-0.25, -0.2) is 0 Å². The molecular weight excluding hydrogens is 196 g/mol. The predicted molar refractivity (Wildman–Crippen MR) is 71.8 cm³/mol. The quantitative estimate of drug-likeness (QED) is 0.608. The Labute approximate surface area is 102 Å². The molecule has 2 heteroatoms. The van der Waals surface area contributed by atoms with Gasteiger partial charge in [-0.1, -0.05) is 20.8 Å². The molecule has 96 valence electrons. The first kappa shape index (κ1) is 14.0. The van der Waals surface area contributed by atoms with Crippen LogP contribution in [0.25, 0.3) is 0 Å². The van der Waals surface area contributed by atoms with Crippen molar-refractivity contribution in [1.82, 2.24) is 10.2 Å². The summed E-state index contributed by atoms with van der Waals surface area (Å²) in [5, 5.41) is 3.55. The van der Waals surface area contributed by atoms with Gasteiger partial charge in [-0.05, 0) is 58.2 Å². The fourth-order valence-corrected chi connectivity index (χ4v) is 2.39. The second kappa shape index (κ2) is 7.29. The lowest BCUT2D eigenvalue weighted by atomic mass is 10.0. The first-order valence-corrected chi connectivity index (χ1v) is 7.17. The van der Waals surface area contributed by atoms with Gasteiger partial charge in [0, 0.05) is 12.1 Å². The Morgan fingerprint density at radius 3 is 2.38 bits per heavy atom. The molecule has 0 saturated heterocycles. The Bertz CT molecular complexity index is 178.